The van der Waals surface area contributed by atoms with E-state index >= 15 is 0 Å². The number of aliphatic hydroxyl groups is 1. The number of likely N-dealkylation sites (tertiary alicyclic amines) is 1. The van der Waals surface area contributed by atoms with Crippen LogP contribution in [0.15, 0.2) is 47.7 Å². The van der Waals surface area contributed by atoms with Gasteiger partial charge in [0.15, 0.2) is 0 Å². The largest absolute Gasteiger partial charge is 0.384 e. The molecule has 3 fully saturated rings. The van der Waals surface area contributed by atoms with Crippen molar-refractivity contribution in [3.63, 3.8) is 0 Å². The van der Waals surface area contributed by atoms with E-state index in [1.54, 1.807) is 19.9 Å². The molecule has 0 bridgehead atoms. The molecule has 1 aliphatic carbocycles. The van der Waals surface area contributed by atoms with Crippen LogP contribution >= 0.6 is 0 Å². The van der Waals surface area contributed by atoms with Crippen LogP contribution < -0.4 is 11.1 Å². The van der Waals surface area contributed by atoms with Crippen LogP contribution in [-0.2, 0) is 29.5 Å². The van der Waals surface area contributed by atoms with Gasteiger partial charge in [0.05, 0.1) is 29.0 Å². The van der Waals surface area contributed by atoms with Crippen LogP contribution in [0.3, 0.4) is 0 Å². The monoisotopic (exact) mass is 700 g/mol. The molecule has 270 valence electrons. The van der Waals surface area contributed by atoms with Crippen LogP contribution in [0.2, 0.25) is 0 Å². The van der Waals surface area contributed by atoms with Crippen molar-refractivity contribution in [3.05, 3.63) is 54.0 Å². The minimum atomic E-state index is -1.60. The summed E-state index contributed by atoms with van der Waals surface area (Å²) >= 11 is 0. The third-order valence-electron chi connectivity index (χ3n) is 10.3. The van der Waals surface area contributed by atoms with Crippen molar-refractivity contribution in [1.82, 2.24) is 30.2 Å². The molecule has 0 radical (unpaired) electrons. The van der Waals surface area contributed by atoms with Gasteiger partial charge in [-0.05, 0) is 38.3 Å². The zero-order valence-electron chi connectivity index (χ0n) is 28.9. The van der Waals surface area contributed by atoms with Crippen molar-refractivity contribution in [2.24, 2.45) is 16.6 Å². The summed E-state index contributed by atoms with van der Waals surface area (Å²) in [6.07, 6.45) is 8.02. The van der Waals surface area contributed by atoms with Crippen molar-refractivity contribution in [1.29, 1.82) is 0 Å². The molecule has 6 rings (SSSR count). The Bertz CT molecular complexity index is 1850. The fraction of sp³-hybridized carbons (Fsp3) is 0.528. The molecule has 15 nitrogen and oxygen atoms in total. The molecule has 4 N–H and O–H groups in total. The smallest absolute Gasteiger partial charge is 0.287 e. The molecule has 0 unspecified atom stereocenters. The summed E-state index contributed by atoms with van der Waals surface area (Å²) in [5, 5.41) is 22.6. The van der Waals surface area contributed by atoms with Gasteiger partial charge in [-0.1, -0.05) is 55.5 Å². The first kappa shape index (κ1) is 35.9. The maximum absolute atomic E-state index is 14.7. The predicted octanol–water partition coefficient (Wildman–Crippen LogP) is 2.17. The zero-order valence-corrected chi connectivity index (χ0v) is 28.9. The second-order valence-corrected chi connectivity index (χ2v) is 14.4. The molecule has 0 spiro atoms. The lowest BCUT2D eigenvalue weighted by Gasteiger charge is -2.37. The lowest BCUT2D eigenvalue weighted by molar-refractivity contribution is -0.146. The van der Waals surface area contributed by atoms with E-state index in [0.717, 1.165) is 37.5 Å². The number of nitrogens with one attached hydrogen (secondary N) is 1. The Labute approximate surface area is 295 Å². The number of carbonyl (C=O) groups excluding carboxylic acids is 5. The molecule has 2 atom stereocenters. The number of ether oxygens (including phenoxy) is 1. The minimum absolute atomic E-state index is 0.0220. The SMILES string of the molecule is CC(C)(O)c1cnnn1[C@H]1C[C@@H](C(=O)NC2(C(=O)C(N)=O)CCOCC2)N(C(=O)C(CC2CCCCC2)=NC(=O)c2cnc3ccccc3c2)C1. The first-order valence-corrected chi connectivity index (χ1v) is 17.5. The highest BCUT2D eigenvalue weighted by Gasteiger charge is 2.49. The number of nitrogens with two attached hydrogens (primary N) is 1. The number of carbonyl (C=O) groups is 5. The number of nitrogens with zero attached hydrogens (tertiary/aromatic N) is 6. The number of hydrogen-bond acceptors (Lipinski definition) is 10. The number of rotatable bonds is 10. The van der Waals surface area contributed by atoms with Gasteiger partial charge in [-0.25, -0.2) is 9.67 Å². The minimum Gasteiger partial charge on any atom is -0.384 e. The Morgan fingerprint density at radius 1 is 1.08 bits per heavy atom. The number of Topliss-reactive ketones (excluding diaryl/α,β-unsaturated/α-hetero) is 1. The van der Waals surface area contributed by atoms with E-state index in [4.69, 9.17) is 10.5 Å². The number of ketones is 1. The highest BCUT2D eigenvalue weighted by molar-refractivity contribution is 6.41. The summed E-state index contributed by atoms with van der Waals surface area (Å²) in [5.41, 5.74) is 3.81. The van der Waals surface area contributed by atoms with Gasteiger partial charge in [-0.3, -0.25) is 29.0 Å². The molecular weight excluding hydrogens is 656 g/mol. The first-order valence-electron chi connectivity index (χ1n) is 17.5. The van der Waals surface area contributed by atoms with Crippen LogP contribution in [0.1, 0.15) is 93.7 Å². The quantitative estimate of drug-likeness (QED) is 0.207. The van der Waals surface area contributed by atoms with Gasteiger partial charge >= 0.3 is 0 Å². The second-order valence-electron chi connectivity index (χ2n) is 14.4. The van der Waals surface area contributed by atoms with Gasteiger partial charge in [0.25, 0.3) is 17.7 Å². The van der Waals surface area contributed by atoms with Gasteiger partial charge in [0, 0.05) is 50.6 Å². The molecule has 2 aliphatic heterocycles. The van der Waals surface area contributed by atoms with E-state index < -0.39 is 52.6 Å². The third kappa shape index (κ3) is 7.73. The number of pyridine rings is 1. The van der Waals surface area contributed by atoms with E-state index in [1.165, 1.54) is 22.0 Å². The molecule has 3 aromatic rings. The lowest BCUT2D eigenvalue weighted by Crippen LogP contribution is -2.63. The molecule has 4 heterocycles. The van der Waals surface area contributed by atoms with Crippen LogP contribution in [0.4, 0.5) is 0 Å². The van der Waals surface area contributed by atoms with Crippen molar-refractivity contribution < 1.29 is 33.8 Å². The first-order chi connectivity index (χ1) is 24.4. The molecule has 2 aromatic heterocycles. The highest BCUT2D eigenvalue weighted by atomic mass is 16.5. The van der Waals surface area contributed by atoms with Gasteiger partial charge in [-0.15, -0.1) is 5.10 Å². The summed E-state index contributed by atoms with van der Waals surface area (Å²) < 4.78 is 6.91. The van der Waals surface area contributed by atoms with E-state index in [2.05, 4.69) is 25.6 Å². The molecule has 4 amide bonds. The number of aliphatic imine (C=N–C) groups is 1. The van der Waals surface area contributed by atoms with Crippen LogP contribution in [0.5, 0.6) is 0 Å². The van der Waals surface area contributed by atoms with Crippen molar-refractivity contribution in [3.8, 4) is 0 Å². The molecule has 51 heavy (non-hydrogen) atoms. The van der Waals surface area contributed by atoms with E-state index in [0.29, 0.717) is 11.2 Å². The standard InChI is InChI=1S/C36H44N8O7/c1-35(2,50)29-20-39-42-44(29)25-18-28(33(48)41-36(30(45)31(37)46)12-14-51-15-13-36)43(21-25)34(49)27(16-22-8-4-3-5-9-22)40-32(47)24-17-23-10-6-7-11-26(23)38-19-24/h6-7,10-11,17,19-20,22,25,28,50H,3-5,8-9,12-16,18,21H2,1-2H3,(H2,37,46)(H,41,48)/t25-,28-/m0/s1. The Morgan fingerprint density at radius 2 is 1.80 bits per heavy atom. The van der Waals surface area contributed by atoms with Crippen molar-refractivity contribution in [2.45, 2.75) is 94.9 Å². The lowest BCUT2D eigenvalue weighted by atomic mass is 9.84. The fourth-order valence-electron chi connectivity index (χ4n) is 7.49. The summed E-state index contributed by atoms with van der Waals surface area (Å²) in [4.78, 5) is 78.1. The van der Waals surface area contributed by atoms with Gasteiger partial charge in [-0.2, -0.15) is 0 Å². The fourth-order valence-corrected chi connectivity index (χ4v) is 7.49. The molecule has 3 aliphatic rings. The number of amides is 4. The number of primary amides is 1. The number of benzene rings is 1. The Morgan fingerprint density at radius 3 is 2.51 bits per heavy atom. The highest BCUT2D eigenvalue weighted by Crippen LogP contribution is 2.34. The second kappa shape index (κ2) is 14.8. The Balaban J connectivity index is 1.37. The van der Waals surface area contributed by atoms with Crippen LogP contribution in [0, 0.1) is 5.92 Å². The molecule has 2 saturated heterocycles. The van der Waals surface area contributed by atoms with Crippen molar-refractivity contribution >= 4 is 46.0 Å². The normalized spacial score (nSPS) is 21.4. The Hall–Kier alpha value is -4.89. The number of hydrogen-bond donors (Lipinski definition) is 3. The third-order valence-corrected chi connectivity index (χ3v) is 10.3. The predicted molar refractivity (Wildman–Crippen MR) is 184 cm³/mol. The average Bonchev–Trinajstić information content (AvgIpc) is 3.80. The number of aromatic nitrogens is 4. The molecule has 15 heteroatoms. The Kier molecular flexibility index (Phi) is 10.4. The topological polar surface area (TPSA) is 212 Å². The maximum Gasteiger partial charge on any atom is 0.287 e. The summed E-state index contributed by atoms with van der Waals surface area (Å²) in [6, 6.07) is 7.28. The van der Waals surface area contributed by atoms with E-state index in [1.807, 2.05) is 24.3 Å². The molecule has 1 aromatic carbocycles. The summed E-state index contributed by atoms with van der Waals surface area (Å²) in [5.74, 6) is -3.91. The number of fused-ring (bicyclic) bond motifs is 1. The van der Waals surface area contributed by atoms with E-state index in [9.17, 15) is 29.1 Å². The zero-order chi connectivity index (χ0) is 36.3. The molecular formula is C36H44N8O7. The average molecular weight is 701 g/mol. The van der Waals surface area contributed by atoms with Crippen LogP contribution in [0.25, 0.3) is 10.9 Å². The summed E-state index contributed by atoms with van der Waals surface area (Å²) in [6.45, 7) is 3.37. The van der Waals surface area contributed by atoms with Gasteiger partial charge < -0.3 is 25.8 Å². The maximum atomic E-state index is 14.7. The van der Waals surface area contributed by atoms with E-state index in [-0.39, 0.29) is 62.6 Å². The number of para-hydroxylation sites is 1. The molecule has 1 saturated carbocycles. The summed E-state index contributed by atoms with van der Waals surface area (Å²) in [7, 11) is 0. The van der Waals surface area contributed by atoms with Gasteiger partial charge in [0.2, 0.25) is 11.7 Å². The van der Waals surface area contributed by atoms with Crippen molar-refractivity contribution in [2.75, 3.05) is 19.8 Å². The van der Waals surface area contributed by atoms with Gasteiger partial charge in [0.1, 0.15) is 22.9 Å². The van der Waals surface area contributed by atoms with Crippen LogP contribution in [-0.4, -0.2) is 96.4 Å².